The third-order valence-electron chi connectivity index (χ3n) is 5.46. The number of aromatic nitrogens is 1. The third-order valence-corrected chi connectivity index (χ3v) is 5.83. The molecule has 0 amide bonds. The molecule has 0 aliphatic carbocycles. The van der Waals surface area contributed by atoms with Gasteiger partial charge in [0.25, 0.3) is 0 Å². The van der Waals surface area contributed by atoms with Crippen LogP contribution in [0, 0.1) is 42.9 Å². The summed E-state index contributed by atoms with van der Waals surface area (Å²) in [6.45, 7) is 4.25. The zero-order valence-electron chi connectivity index (χ0n) is 17.5. The summed E-state index contributed by atoms with van der Waals surface area (Å²) < 4.78 is 70.0. The molecule has 0 radical (unpaired) electrons. The van der Waals surface area contributed by atoms with Crippen molar-refractivity contribution in [2.75, 3.05) is 5.43 Å². The lowest BCUT2D eigenvalue weighted by atomic mass is 10.1. The van der Waals surface area contributed by atoms with Gasteiger partial charge in [0, 0.05) is 28.2 Å². The van der Waals surface area contributed by atoms with E-state index in [9.17, 15) is 22.0 Å². The van der Waals surface area contributed by atoms with E-state index in [1.807, 2.05) is 60.2 Å². The number of halogens is 6. The number of nitrogens with one attached hydrogen (secondary N) is 1. The van der Waals surface area contributed by atoms with Crippen LogP contribution in [0.2, 0.25) is 5.02 Å². The zero-order chi connectivity index (χ0) is 23.9. The molecule has 170 valence electrons. The fourth-order valence-electron chi connectivity index (χ4n) is 3.76. The summed E-state index contributed by atoms with van der Waals surface area (Å²) in [6, 6.07) is 13.1. The Morgan fingerprint density at radius 2 is 1.52 bits per heavy atom. The van der Waals surface area contributed by atoms with E-state index < -0.39 is 34.8 Å². The summed E-state index contributed by atoms with van der Waals surface area (Å²) in [6.07, 6.45) is 1.29. The van der Waals surface area contributed by atoms with Crippen LogP contribution in [0.15, 0.2) is 47.6 Å². The quantitative estimate of drug-likeness (QED) is 0.107. The Morgan fingerprint density at radius 3 is 2.18 bits per heavy atom. The predicted octanol–water partition coefficient (Wildman–Crippen LogP) is 7.10. The van der Waals surface area contributed by atoms with Crippen molar-refractivity contribution in [3.8, 4) is 0 Å². The smallest absolute Gasteiger partial charge is 0.200 e. The summed E-state index contributed by atoms with van der Waals surface area (Å²) in [5.74, 6) is -10.3. The van der Waals surface area contributed by atoms with Gasteiger partial charge in [-0.05, 0) is 31.0 Å². The molecule has 3 aromatic carbocycles. The maximum atomic E-state index is 13.9. The highest BCUT2D eigenvalue weighted by Crippen LogP contribution is 2.30. The van der Waals surface area contributed by atoms with Crippen molar-refractivity contribution >= 4 is 34.4 Å². The Balaban J connectivity index is 1.77. The molecule has 9 heteroatoms. The van der Waals surface area contributed by atoms with Crippen molar-refractivity contribution in [2.24, 2.45) is 5.10 Å². The summed E-state index contributed by atoms with van der Waals surface area (Å²) in [5.41, 5.74) is 4.92. The number of rotatable bonds is 5. The van der Waals surface area contributed by atoms with E-state index in [0.29, 0.717) is 17.1 Å². The van der Waals surface area contributed by atoms with Gasteiger partial charge in [-0.2, -0.15) is 5.10 Å². The van der Waals surface area contributed by atoms with Gasteiger partial charge < -0.3 is 4.57 Å². The van der Waals surface area contributed by atoms with Crippen molar-refractivity contribution in [3.63, 3.8) is 0 Å². The van der Waals surface area contributed by atoms with E-state index >= 15 is 0 Å². The highest BCUT2D eigenvalue weighted by atomic mass is 35.5. The van der Waals surface area contributed by atoms with E-state index in [4.69, 9.17) is 11.6 Å². The van der Waals surface area contributed by atoms with E-state index in [2.05, 4.69) is 5.10 Å². The van der Waals surface area contributed by atoms with Gasteiger partial charge in [-0.1, -0.05) is 48.0 Å². The van der Waals surface area contributed by atoms with Crippen LogP contribution in [0.1, 0.15) is 22.4 Å². The van der Waals surface area contributed by atoms with Crippen LogP contribution in [-0.2, 0) is 6.54 Å². The minimum absolute atomic E-state index is 0.464. The highest BCUT2D eigenvalue weighted by Gasteiger charge is 2.25. The number of nitrogens with zero attached hydrogens (tertiary/aromatic N) is 2. The number of hydrogen-bond acceptors (Lipinski definition) is 2. The minimum Gasteiger partial charge on any atom is -0.340 e. The first kappa shape index (κ1) is 22.8. The molecule has 3 nitrogen and oxygen atoms in total. The molecule has 0 spiro atoms. The molecule has 0 bridgehead atoms. The van der Waals surface area contributed by atoms with Gasteiger partial charge >= 0.3 is 0 Å². The second kappa shape index (κ2) is 8.86. The van der Waals surface area contributed by atoms with E-state index in [-0.39, 0.29) is 0 Å². The van der Waals surface area contributed by atoms with Crippen LogP contribution in [0.3, 0.4) is 0 Å². The number of aryl methyl sites for hydroxylation is 1. The Labute approximate surface area is 191 Å². The van der Waals surface area contributed by atoms with Crippen molar-refractivity contribution in [1.29, 1.82) is 0 Å². The molecule has 1 N–H and O–H groups in total. The lowest BCUT2D eigenvalue weighted by molar-refractivity contribution is 0.381. The molecule has 33 heavy (non-hydrogen) atoms. The Kier molecular flexibility index (Phi) is 6.12. The van der Waals surface area contributed by atoms with Crippen molar-refractivity contribution in [3.05, 3.63) is 99.0 Å². The largest absolute Gasteiger partial charge is 0.340 e. The number of hydrogen-bond donors (Lipinski definition) is 1. The summed E-state index contributed by atoms with van der Waals surface area (Å²) in [7, 11) is 0. The van der Waals surface area contributed by atoms with Gasteiger partial charge in [0.05, 0.1) is 11.7 Å². The molecule has 4 aromatic rings. The van der Waals surface area contributed by atoms with E-state index in [0.717, 1.165) is 27.7 Å². The summed E-state index contributed by atoms with van der Waals surface area (Å²) in [5, 5.41) is 5.19. The third kappa shape index (κ3) is 3.95. The Bertz CT molecular complexity index is 1380. The van der Waals surface area contributed by atoms with E-state index in [1.54, 1.807) is 6.07 Å². The SMILES string of the molecule is Cc1cccc2c(/C=N/Nc3c(F)c(F)c(F)c(F)c3F)c(C)n(Cc3ccccc3Cl)c12. The number of anilines is 1. The van der Waals surface area contributed by atoms with Crippen LogP contribution >= 0.6 is 11.6 Å². The molecule has 0 aliphatic rings. The lowest BCUT2D eigenvalue weighted by Crippen LogP contribution is -2.07. The normalized spacial score (nSPS) is 11.6. The first-order valence-corrected chi connectivity index (χ1v) is 10.2. The minimum atomic E-state index is -2.23. The second-order valence-electron chi connectivity index (χ2n) is 7.46. The monoisotopic (exact) mass is 477 g/mol. The molecule has 4 rings (SSSR count). The fraction of sp³-hybridized carbons (Fsp3) is 0.125. The molecule has 0 saturated carbocycles. The molecule has 0 unspecified atom stereocenters. The van der Waals surface area contributed by atoms with Gasteiger partial charge in [0.2, 0.25) is 5.82 Å². The maximum absolute atomic E-state index is 13.9. The first-order chi connectivity index (χ1) is 15.7. The zero-order valence-corrected chi connectivity index (χ0v) is 18.2. The molecular weight excluding hydrogens is 461 g/mol. The molecule has 0 atom stereocenters. The molecule has 0 fully saturated rings. The highest BCUT2D eigenvalue weighted by molar-refractivity contribution is 6.31. The number of para-hydroxylation sites is 1. The van der Waals surface area contributed by atoms with Crippen LogP contribution < -0.4 is 5.43 Å². The summed E-state index contributed by atoms with van der Waals surface area (Å²) >= 11 is 6.33. The average Bonchev–Trinajstić information content (AvgIpc) is 3.07. The van der Waals surface area contributed by atoms with Crippen LogP contribution in [0.25, 0.3) is 10.9 Å². The lowest BCUT2D eigenvalue weighted by Gasteiger charge is -2.11. The van der Waals surface area contributed by atoms with Gasteiger partial charge in [-0.25, -0.2) is 22.0 Å². The van der Waals surface area contributed by atoms with Crippen LogP contribution in [0.4, 0.5) is 27.6 Å². The van der Waals surface area contributed by atoms with Crippen LogP contribution in [0.5, 0.6) is 0 Å². The fourth-order valence-corrected chi connectivity index (χ4v) is 3.96. The standard InChI is InChI=1S/C24H17ClF5N3/c1-12-6-5-8-15-16(10-31-32-23-21(29)19(27)18(26)20(28)22(23)30)13(2)33(24(12)15)11-14-7-3-4-9-17(14)25/h3-10,32H,11H2,1-2H3/b31-10+. The molecular formula is C24H17ClF5N3. The Morgan fingerprint density at radius 1 is 0.879 bits per heavy atom. The van der Waals surface area contributed by atoms with Gasteiger partial charge in [-0.3, -0.25) is 5.43 Å². The molecule has 1 aromatic heterocycles. The number of benzene rings is 3. The van der Waals surface area contributed by atoms with E-state index in [1.165, 1.54) is 6.21 Å². The van der Waals surface area contributed by atoms with Crippen LogP contribution in [-0.4, -0.2) is 10.8 Å². The molecule has 0 aliphatic heterocycles. The average molecular weight is 478 g/mol. The van der Waals surface area contributed by atoms with Gasteiger partial charge in [0.1, 0.15) is 5.69 Å². The topological polar surface area (TPSA) is 29.3 Å². The number of fused-ring (bicyclic) bond motifs is 1. The van der Waals surface area contributed by atoms with Gasteiger partial charge in [0.15, 0.2) is 23.3 Å². The number of hydrazone groups is 1. The Hall–Kier alpha value is -3.39. The predicted molar refractivity (Wildman–Crippen MR) is 119 cm³/mol. The van der Waals surface area contributed by atoms with Crippen molar-refractivity contribution in [1.82, 2.24) is 4.57 Å². The molecule has 1 heterocycles. The van der Waals surface area contributed by atoms with Gasteiger partial charge in [-0.15, -0.1) is 0 Å². The maximum Gasteiger partial charge on any atom is 0.200 e. The van der Waals surface area contributed by atoms with Crippen molar-refractivity contribution < 1.29 is 22.0 Å². The second-order valence-corrected chi connectivity index (χ2v) is 7.87. The summed E-state index contributed by atoms with van der Waals surface area (Å²) in [4.78, 5) is 0. The first-order valence-electron chi connectivity index (χ1n) is 9.84. The van der Waals surface area contributed by atoms with Crippen molar-refractivity contribution in [2.45, 2.75) is 20.4 Å². The molecule has 0 saturated heterocycles.